The van der Waals surface area contributed by atoms with Crippen molar-refractivity contribution >= 4 is 26.5 Å². The van der Waals surface area contributed by atoms with Gasteiger partial charge in [0.15, 0.2) is 10.8 Å². The molecule has 1 aromatic rings. The number of piperazine rings is 1. The summed E-state index contributed by atoms with van der Waals surface area (Å²) in [6.07, 6.45) is -4.04. The molecule has 1 aliphatic heterocycles. The SMILES string of the molecule is COCCCS(=O)(=O)N1CCN(c2nc(C(F)(F)F)cs2)CC1. The topological polar surface area (TPSA) is 62.7 Å². The molecule has 0 saturated carbocycles. The van der Waals surface area contributed by atoms with Gasteiger partial charge in [-0.3, -0.25) is 0 Å². The second-order valence-electron chi connectivity index (χ2n) is 5.06. The Kier molecular flexibility index (Phi) is 5.87. The van der Waals surface area contributed by atoms with Crippen LogP contribution in [0.4, 0.5) is 18.3 Å². The van der Waals surface area contributed by atoms with E-state index in [9.17, 15) is 21.6 Å². The standard InChI is InChI=1S/C12H18F3N3O3S2/c1-21-7-2-8-23(19,20)18-5-3-17(4-6-18)11-16-10(9-22-11)12(13,14)15/h9H,2-8H2,1H3. The van der Waals surface area contributed by atoms with Crippen LogP contribution < -0.4 is 4.90 Å². The van der Waals surface area contributed by atoms with Crippen molar-refractivity contribution in [3.05, 3.63) is 11.1 Å². The molecular formula is C12H18F3N3O3S2. The molecule has 1 aliphatic rings. The van der Waals surface area contributed by atoms with Crippen LogP contribution in [0.15, 0.2) is 5.38 Å². The predicted octanol–water partition coefficient (Wildman–Crippen LogP) is 1.65. The summed E-state index contributed by atoms with van der Waals surface area (Å²) in [7, 11) is -1.84. The van der Waals surface area contributed by atoms with Crippen molar-refractivity contribution in [3.63, 3.8) is 0 Å². The highest BCUT2D eigenvalue weighted by atomic mass is 32.2. The van der Waals surface area contributed by atoms with Crippen molar-refractivity contribution in [2.24, 2.45) is 0 Å². The van der Waals surface area contributed by atoms with Gasteiger partial charge in [-0.15, -0.1) is 11.3 Å². The van der Waals surface area contributed by atoms with Gasteiger partial charge < -0.3 is 9.64 Å². The van der Waals surface area contributed by atoms with Crippen LogP contribution >= 0.6 is 11.3 Å². The second kappa shape index (κ2) is 7.32. The molecule has 0 N–H and O–H groups in total. The molecule has 0 aliphatic carbocycles. The molecule has 1 saturated heterocycles. The van der Waals surface area contributed by atoms with Crippen molar-refractivity contribution in [2.45, 2.75) is 12.6 Å². The maximum atomic E-state index is 12.6. The molecule has 11 heteroatoms. The number of thiazole rings is 1. The van der Waals surface area contributed by atoms with Gasteiger partial charge >= 0.3 is 6.18 Å². The molecule has 132 valence electrons. The van der Waals surface area contributed by atoms with Gasteiger partial charge in [0.25, 0.3) is 0 Å². The summed E-state index contributed by atoms with van der Waals surface area (Å²) in [5, 5.41) is 1.25. The monoisotopic (exact) mass is 373 g/mol. The van der Waals surface area contributed by atoms with Crippen molar-refractivity contribution < 1.29 is 26.3 Å². The van der Waals surface area contributed by atoms with Gasteiger partial charge in [0.2, 0.25) is 10.0 Å². The summed E-state index contributed by atoms with van der Waals surface area (Å²) in [4.78, 5) is 5.27. The molecule has 2 heterocycles. The van der Waals surface area contributed by atoms with Crippen LogP contribution in [0, 0.1) is 0 Å². The van der Waals surface area contributed by atoms with Gasteiger partial charge in [-0.25, -0.2) is 13.4 Å². The molecule has 1 fully saturated rings. The smallest absolute Gasteiger partial charge is 0.385 e. The molecule has 0 unspecified atom stereocenters. The lowest BCUT2D eigenvalue weighted by Gasteiger charge is -2.33. The average molecular weight is 373 g/mol. The largest absolute Gasteiger partial charge is 0.434 e. The summed E-state index contributed by atoms with van der Waals surface area (Å²) in [5.74, 6) is 0.0102. The minimum absolute atomic E-state index is 0.0102. The van der Waals surface area contributed by atoms with Crippen LogP contribution in [0.2, 0.25) is 0 Å². The first kappa shape index (κ1) is 18.4. The average Bonchev–Trinajstić information content (AvgIpc) is 2.97. The fourth-order valence-electron chi connectivity index (χ4n) is 2.21. The maximum absolute atomic E-state index is 12.6. The molecule has 1 aromatic heterocycles. The molecule has 2 rings (SSSR count). The summed E-state index contributed by atoms with van der Waals surface area (Å²) in [5.41, 5.74) is -0.910. The van der Waals surface area contributed by atoms with Crippen LogP contribution in [0.1, 0.15) is 12.1 Å². The van der Waals surface area contributed by atoms with E-state index >= 15 is 0 Å². The fraction of sp³-hybridized carbons (Fsp3) is 0.750. The minimum Gasteiger partial charge on any atom is -0.385 e. The van der Waals surface area contributed by atoms with E-state index in [4.69, 9.17) is 4.74 Å². The van der Waals surface area contributed by atoms with Gasteiger partial charge in [0.1, 0.15) is 0 Å². The minimum atomic E-state index is -4.46. The Bertz CT molecular complexity index is 611. The first-order valence-corrected chi connectivity index (χ1v) is 9.47. The normalized spacial score (nSPS) is 17.7. The van der Waals surface area contributed by atoms with Gasteiger partial charge in [-0.1, -0.05) is 0 Å². The number of nitrogens with zero attached hydrogens (tertiary/aromatic N) is 3. The van der Waals surface area contributed by atoms with E-state index < -0.39 is 21.9 Å². The Balaban J connectivity index is 1.92. The highest BCUT2D eigenvalue weighted by Crippen LogP contribution is 2.33. The molecule has 6 nitrogen and oxygen atoms in total. The van der Waals surface area contributed by atoms with E-state index in [-0.39, 0.29) is 24.0 Å². The molecular weight excluding hydrogens is 355 g/mol. The van der Waals surface area contributed by atoms with Crippen molar-refractivity contribution in [2.75, 3.05) is 50.5 Å². The molecule has 0 spiro atoms. The van der Waals surface area contributed by atoms with Crippen molar-refractivity contribution in [1.82, 2.24) is 9.29 Å². The van der Waals surface area contributed by atoms with E-state index in [1.807, 2.05) is 0 Å². The molecule has 0 aromatic carbocycles. The Morgan fingerprint density at radius 3 is 2.48 bits per heavy atom. The van der Waals surface area contributed by atoms with E-state index in [1.54, 1.807) is 4.90 Å². The number of sulfonamides is 1. The Labute approximate surface area is 136 Å². The maximum Gasteiger partial charge on any atom is 0.434 e. The van der Waals surface area contributed by atoms with Gasteiger partial charge in [-0.05, 0) is 6.42 Å². The Hall–Kier alpha value is -0.910. The molecule has 0 bridgehead atoms. The van der Waals surface area contributed by atoms with Crippen LogP contribution in [-0.2, 0) is 20.9 Å². The first-order valence-electron chi connectivity index (χ1n) is 6.98. The lowest BCUT2D eigenvalue weighted by atomic mass is 10.4. The van der Waals surface area contributed by atoms with Crippen molar-refractivity contribution in [3.8, 4) is 0 Å². The van der Waals surface area contributed by atoms with Gasteiger partial charge in [-0.2, -0.15) is 17.5 Å². The highest BCUT2D eigenvalue weighted by Gasteiger charge is 2.35. The van der Waals surface area contributed by atoms with Crippen LogP contribution in [0.5, 0.6) is 0 Å². The number of methoxy groups -OCH3 is 1. The number of halogens is 3. The van der Waals surface area contributed by atoms with Crippen LogP contribution in [0.3, 0.4) is 0 Å². The second-order valence-corrected chi connectivity index (χ2v) is 7.99. The number of anilines is 1. The van der Waals surface area contributed by atoms with Gasteiger partial charge in [0.05, 0.1) is 5.75 Å². The third-order valence-corrected chi connectivity index (χ3v) is 6.29. The number of ether oxygens (including phenoxy) is 1. The summed E-state index contributed by atoms with van der Waals surface area (Å²) in [6.45, 7) is 1.52. The van der Waals surface area contributed by atoms with Crippen molar-refractivity contribution in [1.29, 1.82) is 0 Å². The molecule has 0 atom stereocenters. The zero-order valence-electron chi connectivity index (χ0n) is 12.5. The fourth-order valence-corrected chi connectivity index (χ4v) is 4.56. The quantitative estimate of drug-likeness (QED) is 0.710. The Morgan fingerprint density at radius 1 is 1.30 bits per heavy atom. The van der Waals surface area contributed by atoms with E-state index in [0.29, 0.717) is 26.1 Å². The number of aromatic nitrogens is 1. The van der Waals surface area contributed by atoms with E-state index in [2.05, 4.69) is 4.98 Å². The lowest BCUT2D eigenvalue weighted by Crippen LogP contribution is -2.49. The number of rotatable bonds is 6. The Morgan fingerprint density at radius 2 is 1.96 bits per heavy atom. The molecule has 0 radical (unpaired) electrons. The van der Waals surface area contributed by atoms with E-state index in [1.165, 1.54) is 11.4 Å². The third-order valence-electron chi connectivity index (χ3n) is 3.44. The summed E-state index contributed by atoms with van der Waals surface area (Å²) < 4.78 is 68.2. The van der Waals surface area contributed by atoms with Crippen LogP contribution in [0.25, 0.3) is 0 Å². The zero-order chi connectivity index (χ0) is 17.1. The zero-order valence-corrected chi connectivity index (χ0v) is 14.2. The van der Waals surface area contributed by atoms with Crippen LogP contribution in [-0.4, -0.2) is 63.4 Å². The predicted molar refractivity (Wildman–Crippen MR) is 81.2 cm³/mol. The first-order chi connectivity index (χ1) is 10.7. The number of alkyl halides is 3. The summed E-state index contributed by atoms with van der Waals surface area (Å²) >= 11 is 0.919. The molecule has 0 amide bonds. The third kappa shape index (κ3) is 4.78. The molecule has 23 heavy (non-hydrogen) atoms. The summed E-state index contributed by atoms with van der Waals surface area (Å²) in [6, 6.07) is 0. The number of hydrogen-bond donors (Lipinski definition) is 0. The lowest BCUT2D eigenvalue weighted by molar-refractivity contribution is -0.140. The van der Waals surface area contributed by atoms with Gasteiger partial charge in [0, 0.05) is 45.3 Å². The van der Waals surface area contributed by atoms with E-state index in [0.717, 1.165) is 16.7 Å². The number of hydrogen-bond acceptors (Lipinski definition) is 6. The highest BCUT2D eigenvalue weighted by molar-refractivity contribution is 7.89.